The number of halogens is 1. The van der Waals surface area contributed by atoms with E-state index in [1.165, 1.54) is 0 Å². The number of nitrogens with zero attached hydrogens (tertiary/aromatic N) is 2. The van der Waals surface area contributed by atoms with E-state index in [1.807, 2.05) is 30.3 Å². The van der Waals surface area contributed by atoms with Crippen LogP contribution in [0, 0.1) is 0 Å². The van der Waals surface area contributed by atoms with Crippen molar-refractivity contribution in [3.8, 4) is 5.88 Å². The third-order valence-corrected chi connectivity index (χ3v) is 3.13. The summed E-state index contributed by atoms with van der Waals surface area (Å²) in [5, 5.41) is 10.6. The molecule has 0 amide bonds. The van der Waals surface area contributed by atoms with Gasteiger partial charge in [-0.2, -0.15) is 0 Å². The summed E-state index contributed by atoms with van der Waals surface area (Å²) in [5.41, 5.74) is 1.99. The van der Waals surface area contributed by atoms with Crippen molar-refractivity contribution in [3.05, 3.63) is 65.1 Å². The van der Waals surface area contributed by atoms with Crippen molar-refractivity contribution in [2.75, 3.05) is 0 Å². The first-order valence-electron chi connectivity index (χ1n) is 5.63. The Bertz CT molecular complexity index is 689. The molecule has 90 valence electrons. The van der Waals surface area contributed by atoms with Crippen molar-refractivity contribution in [2.24, 2.45) is 0 Å². The minimum absolute atomic E-state index is 0.203. The van der Waals surface area contributed by atoms with Gasteiger partial charge in [-0.3, -0.25) is 4.40 Å². The lowest BCUT2D eigenvalue weighted by Crippen LogP contribution is -1.96. The lowest BCUT2D eigenvalue weighted by atomic mass is 10.1. The lowest BCUT2D eigenvalue weighted by molar-refractivity contribution is 0.443. The summed E-state index contributed by atoms with van der Waals surface area (Å²) in [6.07, 6.45) is 2.41. The summed E-state index contributed by atoms with van der Waals surface area (Å²) in [4.78, 5) is 4.34. The van der Waals surface area contributed by atoms with Crippen LogP contribution in [0.2, 0.25) is 5.02 Å². The molecule has 3 nitrogen and oxygen atoms in total. The maximum absolute atomic E-state index is 9.86. The van der Waals surface area contributed by atoms with Crippen LogP contribution in [0.15, 0.2) is 48.7 Å². The van der Waals surface area contributed by atoms with Crippen LogP contribution in [-0.4, -0.2) is 14.5 Å². The topological polar surface area (TPSA) is 37.5 Å². The average molecular weight is 259 g/mol. The molecule has 0 aliphatic heterocycles. The first-order valence-corrected chi connectivity index (χ1v) is 6.00. The molecule has 0 radical (unpaired) electrons. The van der Waals surface area contributed by atoms with E-state index in [-0.39, 0.29) is 5.88 Å². The van der Waals surface area contributed by atoms with Crippen LogP contribution in [0.4, 0.5) is 0 Å². The second-order valence-corrected chi connectivity index (χ2v) is 4.56. The standard InChI is InChI=1S/C14H11ClN2O/c15-11-6-4-10(5-7-11)8-13-16-9-12-2-1-3-14(18)17(12)13/h1-7,9,18H,8H2. The Morgan fingerprint density at radius 1 is 1.11 bits per heavy atom. The van der Waals surface area contributed by atoms with E-state index in [9.17, 15) is 5.11 Å². The fourth-order valence-corrected chi connectivity index (χ4v) is 2.13. The first kappa shape index (κ1) is 11.1. The van der Waals surface area contributed by atoms with Crippen LogP contribution in [0.3, 0.4) is 0 Å². The number of aromatic hydroxyl groups is 1. The van der Waals surface area contributed by atoms with Gasteiger partial charge in [0.1, 0.15) is 5.82 Å². The Hall–Kier alpha value is -2.00. The Kier molecular flexibility index (Phi) is 2.68. The molecule has 4 heteroatoms. The molecule has 3 aromatic rings. The number of imidazole rings is 1. The SMILES string of the molecule is Oc1cccc2cnc(Cc3ccc(Cl)cc3)n12. The van der Waals surface area contributed by atoms with Crippen molar-refractivity contribution in [1.29, 1.82) is 0 Å². The summed E-state index contributed by atoms with van der Waals surface area (Å²) in [7, 11) is 0. The number of fused-ring (bicyclic) bond motifs is 1. The maximum Gasteiger partial charge on any atom is 0.197 e. The molecule has 0 bridgehead atoms. The third-order valence-electron chi connectivity index (χ3n) is 2.88. The zero-order chi connectivity index (χ0) is 12.5. The van der Waals surface area contributed by atoms with Gasteiger partial charge in [0, 0.05) is 11.4 Å². The molecule has 18 heavy (non-hydrogen) atoms. The number of hydrogen-bond acceptors (Lipinski definition) is 2. The Morgan fingerprint density at radius 3 is 2.67 bits per heavy atom. The highest BCUT2D eigenvalue weighted by Gasteiger charge is 2.07. The second-order valence-electron chi connectivity index (χ2n) is 4.12. The molecule has 0 unspecified atom stereocenters. The average Bonchev–Trinajstić information content (AvgIpc) is 2.77. The predicted molar refractivity (Wildman–Crippen MR) is 71.1 cm³/mol. The Morgan fingerprint density at radius 2 is 1.89 bits per heavy atom. The largest absolute Gasteiger partial charge is 0.494 e. The fraction of sp³-hybridized carbons (Fsp3) is 0.0714. The molecule has 0 fully saturated rings. The highest BCUT2D eigenvalue weighted by atomic mass is 35.5. The van der Waals surface area contributed by atoms with Gasteiger partial charge in [-0.25, -0.2) is 4.98 Å². The van der Waals surface area contributed by atoms with Crippen molar-refractivity contribution in [2.45, 2.75) is 6.42 Å². The summed E-state index contributed by atoms with van der Waals surface area (Å²) in [6, 6.07) is 13.0. The van der Waals surface area contributed by atoms with E-state index >= 15 is 0 Å². The fourth-order valence-electron chi connectivity index (χ4n) is 2.00. The van der Waals surface area contributed by atoms with Crippen molar-refractivity contribution in [3.63, 3.8) is 0 Å². The maximum atomic E-state index is 9.86. The van der Waals surface area contributed by atoms with E-state index in [1.54, 1.807) is 22.7 Å². The van der Waals surface area contributed by atoms with Crippen molar-refractivity contribution >= 4 is 17.1 Å². The zero-order valence-corrected chi connectivity index (χ0v) is 10.3. The van der Waals surface area contributed by atoms with E-state index in [2.05, 4.69) is 4.98 Å². The Labute approximate surface area is 109 Å². The van der Waals surface area contributed by atoms with Crippen LogP contribution in [0.25, 0.3) is 5.52 Å². The van der Waals surface area contributed by atoms with E-state index < -0.39 is 0 Å². The lowest BCUT2D eigenvalue weighted by Gasteiger charge is -2.04. The third kappa shape index (κ3) is 1.93. The van der Waals surface area contributed by atoms with Gasteiger partial charge in [-0.05, 0) is 29.8 Å². The molecule has 1 N–H and O–H groups in total. The van der Waals surface area contributed by atoms with E-state index in [0.29, 0.717) is 6.42 Å². The monoisotopic (exact) mass is 258 g/mol. The normalized spacial score (nSPS) is 10.9. The molecule has 2 aromatic heterocycles. The second kappa shape index (κ2) is 4.35. The molecular formula is C14H11ClN2O. The molecule has 1 aromatic carbocycles. The summed E-state index contributed by atoms with van der Waals surface area (Å²) in [6.45, 7) is 0. The Balaban J connectivity index is 2.02. The van der Waals surface area contributed by atoms with Crippen molar-refractivity contribution < 1.29 is 5.11 Å². The minimum Gasteiger partial charge on any atom is -0.494 e. The predicted octanol–water partition coefficient (Wildman–Crippen LogP) is 3.28. The van der Waals surface area contributed by atoms with Crippen LogP contribution >= 0.6 is 11.6 Å². The van der Waals surface area contributed by atoms with Gasteiger partial charge in [0.25, 0.3) is 0 Å². The van der Waals surface area contributed by atoms with Crippen LogP contribution < -0.4 is 0 Å². The summed E-state index contributed by atoms with van der Waals surface area (Å²) in [5.74, 6) is 1.01. The van der Waals surface area contributed by atoms with Gasteiger partial charge in [0.15, 0.2) is 5.88 Å². The first-order chi connectivity index (χ1) is 8.74. The molecule has 2 heterocycles. The summed E-state index contributed by atoms with van der Waals surface area (Å²) >= 11 is 5.85. The smallest absolute Gasteiger partial charge is 0.197 e. The van der Waals surface area contributed by atoms with Crippen molar-refractivity contribution in [1.82, 2.24) is 9.38 Å². The number of pyridine rings is 1. The van der Waals surface area contributed by atoms with Gasteiger partial charge < -0.3 is 5.11 Å². The molecule has 0 atom stereocenters. The highest BCUT2D eigenvalue weighted by Crippen LogP contribution is 2.19. The highest BCUT2D eigenvalue weighted by molar-refractivity contribution is 6.30. The molecular weight excluding hydrogens is 248 g/mol. The molecule has 0 saturated carbocycles. The van der Waals surface area contributed by atoms with Gasteiger partial charge in [0.2, 0.25) is 0 Å². The molecule has 0 aliphatic rings. The van der Waals surface area contributed by atoms with Gasteiger partial charge in [0.05, 0.1) is 11.7 Å². The number of aromatic nitrogens is 2. The number of rotatable bonds is 2. The molecule has 0 spiro atoms. The molecule has 0 aliphatic carbocycles. The van der Waals surface area contributed by atoms with Gasteiger partial charge in [-0.1, -0.05) is 29.8 Å². The van der Waals surface area contributed by atoms with Crippen LogP contribution in [-0.2, 0) is 6.42 Å². The number of hydrogen-bond donors (Lipinski definition) is 1. The van der Waals surface area contributed by atoms with E-state index in [4.69, 9.17) is 11.6 Å². The number of benzene rings is 1. The zero-order valence-electron chi connectivity index (χ0n) is 9.55. The van der Waals surface area contributed by atoms with Gasteiger partial charge >= 0.3 is 0 Å². The molecule has 3 rings (SSSR count). The van der Waals surface area contributed by atoms with Crippen LogP contribution in [0.5, 0.6) is 5.88 Å². The minimum atomic E-state index is 0.203. The van der Waals surface area contributed by atoms with Crippen LogP contribution in [0.1, 0.15) is 11.4 Å². The quantitative estimate of drug-likeness (QED) is 0.766. The van der Waals surface area contributed by atoms with Gasteiger partial charge in [-0.15, -0.1) is 0 Å². The summed E-state index contributed by atoms with van der Waals surface area (Å²) < 4.78 is 1.74. The molecule has 0 saturated heterocycles. The van der Waals surface area contributed by atoms with E-state index in [0.717, 1.165) is 21.9 Å².